The Labute approximate surface area is 127 Å². The summed E-state index contributed by atoms with van der Waals surface area (Å²) in [6.45, 7) is 8.42. The summed E-state index contributed by atoms with van der Waals surface area (Å²) < 4.78 is 6.07. The first kappa shape index (κ1) is 16.7. The molecule has 0 aliphatic carbocycles. The van der Waals surface area contributed by atoms with Crippen LogP contribution in [0, 0.1) is 12.3 Å². The lowest BCUT2D eigenvalue weighted by molar-refractivity contribution is -0.145. The van der Waals surface area contributed by atoms with Crippen LogP contribution in [0.15, 0.2) is 10.5 Å². The van der Waals surface area contributed by atoms with Crippen molar-refractivity contribution < 1.29 is 9.53 Å². The molecule has 0 saturated carbocycles. The van der Waals surface area contributed by atoms with Crippen molar-refractivity contribution in [1.82, 2.24) is 0 Å². The molecule has 1 aromatic rings. The predicted octanol–water partition coefficient (Wildman–Crippen LogP) is 4.19. The van der Waals surface area contributed by atoms with Gasteiger partial charge in [0.15, 0.2) is 0 Å². The number of hydrogen-bond acceptors (Lipinski definition) is 4. The van der Waals surface area contributed by atoms with Crippen molar-refractivity contribution in [2.75, 3.05) is 6.61 Å². The second-order valence-electron chi connectivity index (χ2n) is 5.53. The quantitative estimate of drug-likeness (QED) is 0.785. The van der Waals surface area contributed by atoms with Gasteiger partial charge in [0.05, 0.1) is 13.0 Å². The first-order valence-electron chi connectivity index (χ1n) is 6.42. The highest BCUT2D eigenvalue weighted by atomic mass is 79.9. The summed E-state index contributed by atoms with van der Waals surface area (Å²) in [4.78, 5) is 14.0. The minimum atomic E-state index is -0.164. The zero-order valence-corrected chi connectivity index (χ0v) is 14.4. The maximum Gasteiger partial charge on any atom is 0.306 e. The number of esters is 1. The standard InChI is InChI=1S/C14H22BrNO2S/c1-5-18-12(17)8-14(3,4)7-11(16)13-10(15)6-9(2)19-13/h6,11H,5,7-8,16H2,1-4H3. The number of nitrogens with two attached hydrogens (primary N) is 1. The maximum atomic E-state index is 11.6. The van der Waals surface area contributed by atoms with Crippen molar-refractivity contribution in [2.24, 2.45) is 11.1 Å². The Morgan fingerprint density at radius 3 is 2.68 bits per heavy atom. The fourth-order valence-corrected chi connectivity index (χ4v) is 4.06. The molecule has 1 rings (SSSR count). The van der Waals surface area contributed by atoms with Crippen molar-refractivity contribution in [3.8, 4) is 0 Å². The molecule has 0 saturated heterocycles. The molecule has 0 bridgehead atoms. The summed E-state index contributed by atoms with van der Waals surface area (Å²) in [7, 11) is 0. The van der Waals surface area contributed by atoms with Crippen LogP contribution in [0.5, 0.6) is 0 Å². The Hall–Kier alpha value is -0.390. The van der Waals surface area contributed by atoms with Crippen LogP contribution < -0.4 is 5.73 Å². The fourth-order valence-electron chi connectivity index (χ4n) is 2.12. The van der Waals surface area contributed by atoms with E-state index in [0.717, 1.165) is 15.8 Å². The molecule has 0 spiro atoms. The molecule has 3 nitrogen and oxygen atoms in total. The van der Waals surface area contributed by atoms with Crippen molar-refractivity contribution in [2.45, 2.75) is 46.6 Å². The topological polar surface area (TPSA) is 52.3 Å². The highest BCUT2D eigenvalue weighted by Crippen LogP contribution is 2.38. The number of hydrogen-bond donors (Lipinski definition) is 1. The molecule has 5 heteroatoms. The van der Waals surface area contributed by atoms with Crippen molar-refractivity contribution in [3.05, 3.63) is 20.3 Å². The lowest BCUT2D eigenvalue weighted by Gasteiger charge is -2.26. The Balaban J connectivity index is 2.67. The molecule has 0 aromatic carbocycles. The molecule has 1 atom stereocenters. The lowest BCUT2D eigenvalue weighted by Crippen LogP contribution is -2.24. The van der Waals surface area contributed by atoms with Gasteiger partial charge in [-0.15, -0.1) is 11.3 Å². The fraction of sp³-hybridized carbons (Fsp3) is 0.643. The highest BCUT2D eigenvalue weighted by Gasteiger charge is 2.27. The Bertz CT molecular complexity index is 443. The van der Waals surface area contributed by atoms with Gasteiger partial charge >= 0.3 is 5.97 Å². The molecule has 0 aliphatic rings. The maximum absolute atomic E-state index is 11.6. The van der Waals surface area contributed by atoms with E-state index in [-0.39, 0.29) is 17.4 Å². The normalized spacial score (nSPS) is 13.4. The molecular weight excluding hydrogens is 326 g/mol. The average molecular weight is 348 g/mol. The average Bonchev–Trinajstić information content (AvgIpc) is 2.56. The summed E-state index contributed by atoms with van der Waals surface area (Å²) in [5.74, 6) is -0.152. The molecule has 0 fully saturated rings. The molecule has 2 N–H and O–H groups in total. The van der Waals surface area contributed by atoms with Crippen LogP contribution in [0.2, 0.25) is 0 Å². The highest BCUT2D eigenvalue weighted by molar-refractivity contribution is 9.10. The lowest BCUT2D eigenvalue weighted by atomic mass is 9.82. The van der Waals surface area contributed by atoms with E-state index in [0.29, 0.717) is 13.0 Å². The van der Waals surface area contributed by atoms with Crippen LogP contribution in [-0.2, 0) is 9.53 Å². The largest absolute Gasteiger partial charge is 0.466 e. The number of aryl methyl sites for hydroxylation is 1. The zero-order chi connectivity index (χ0) is 14.6. The third kappa shape index (κ3) is 5.24. The monoisotopic (exact) mass is 347 g/mol. The Morgan fingerprint density at radius 2 is 2.21 bits per heavy atom. The van der Waals surface area contributed by atoms with Crippen molar-refractivity contribution in [3.63, 3.8) is 0 Å². The summed E-state index contributed by atoms with van der Waals surface area (Å²) in [5, 5.41) is 0. The van der Waals surface area contributed by atoms with E-state index in [4.69, 9.17) is 10.5 Å². The molecule has 1 aromatic heterocycles. The van der Waals surface area contributed by atoms with Crippen molar-refractivity contribution >= 4 is 33.2 Å². The third-order valence-electron chi connectivity index (χ3n) is 2.87. The molecule has 1 heterocycles. The van der Waals surface area contributed by atoms with Crippen molar-refractivity contribution in [1.29, 1.82) is 0 Å². The van der Waals surface area contributed by atoms with Gasteiger partial charge in [0.1, 0.15) is 0 Å². The second-order valence-corrected chi connectivity index (χ2v) is 7.67. The summed E-state index contributed by atoms with van der Waals surface area (Å²) >= 11 is 5.24. The Kier molecular flexibility index (Phi) is 6.02. The first-order chi connectivity index (χ1) is 8.75. The van der Waals surface area contributed by atoms with Gasteiger partial charge in [-0.1, -0.05) is 13.8 Å². The molecule has 0 amide bonds. The van der Waals surface area contributed by atoms with E-state index in [9.17, 15) is 4.79 Å². The van der Waals surface area contributed by atoms with Gasteiger partial charge in [-0.25, -0.2) is 0 Å². The van der Waals surface area contributed by atoms with Gasteiger partial charge in [-0.3, -0.25) is 4.79 Å². The van der Waals surface area contributed by atoms with Gasteiger partial charge in [0.25, 0.3) is 0 Å². The van der Waals surface area contributed by atoms with Gasteiger partial charge in [-0.2, -0.15) is 0 Å². The summed E-state index contributed by atoms with van der Waals surface area (Å²) in [6.07, 6.45) is 1.15. The zero-order valence-electron chi connectivity index (χ0n) is 12.0. The molecule has 0 aliphatic heterocycles. The van der Waals surface area contributed by atoms with Crippen LogP contribution in [-0.4, -0.2) is 12.6 Å². The molecule has 108 valence electrons. The molecular formula is C14H22BrNO2S. The number of ether oxygens (including phenoxy) is 1. The van der Waals surface area contributed by atoms with Gasteiger partial charge in [0, 0.05) is 20.3 Å². The molecule has 19 heavy (non-hydrogen) atoms. The van der Waals surface area contributed by atoms with E-state index in [2.05, 4.69) is 42.8 Å². The SMILES string of the molecule is CCOC(=O)CC(C)(C)CC(N)c1sc(C)cc1Br. The van der Waals surface area contributed by atoms with E-state index < -0.39 is 0 Å². The smallest absolute Gasteiger partial charge is 0.306 e. The van der Waals surface area contributed by atoms with Crippen LogP contribution in [0.3, 0.4) is 0 Å². The minimum Gasteiger partial charge on any atom is -0.466 e. The summed E-state index contributed by atoms with van der Waals surface area (Å²) in [5.41, 5.74) is 6.11. The van der Waals surface area contributed by atoms with Gasteiger partial charge in [0.2, 0.25) is 0 Å². The number of halogens is 1. The number of thiophene rings is 1. The Morgan fingerprint density at radius 1 is 1.58 bits per heavy atom. The predicted molar refractivity (Wildman–Crippen MR) is 83.3 cm³/mol. The third-order valence-corrected chi connectivity index (χ3v) is 4.97. The van der Waals surface area contributed by atoms with Crippen LogP contribution >= 0.6 is 27.3 Å². The van der Waals surface area contributed by atoms with Crippen LogP contribution in [0.25, 0.3) is 0 Å². The number of carbonyl (C=O) groups excluding carboxylic acids is 1. The number of rotatable bonds is 6. The second kappa shape index (κ2) is 6.86. The van der Waals surface area contributed by atoms with Crippen LogP contribution in [0.4, 0.5) is 0 Å². The van der Waals surface area contributed by atoms with E-state index in [1.165, 1.54) is 4.88 Å². The minimum absolute atomic E-state index is 0.0579. The van der Waals surface area contributed by atoms with Gasteiger partial charge < -0.3 is 10.5 Å². The van der Waals surface area contributed by atoms with E-state index in [1.54, 1.807) is 11.3 Å². The number of carbonyl (C=O) groups is 1. The molecule has 1 unspecified atom stereocenters. The van der Waals surface area contributed by atoms with Gasteiger partial charge in [-0.05, 0) is 47.7 Å². The van der Waals surface area contributed by atoms with E-state index >= 15 is 0 Å². The first-order valence-corrected chi connectivity index (χ1v) is 8.03. The van der Waals surface area contributed by atoms with E-state index in [1.807, 2.05) is 6.92 Å². The summed E-state index contributed by atoms with van der Waals surface area (Å²) in [6, 6.07) is 2.02. The molecule has 0 radical (unpaired) electrons. The van der Waals surface area contributed by atoms with Crippen LogP contribution in [0.1, 0.15) is 49.4 Å².